The summed E-state index contributed by atoms with van der Waals surface area (Å²) < 4.78 is 6.28. The van der Waals surface area contributed by atoms with E-state index in [9.17, 15) is 0 Å². The van der Waals surface area contributed by atoms with Crippen LogP contribution in [-0.2, 0) is 6.54 Å². The third-order valence-electron chi connectivity index (χ3n) is 3.83. The topological polar surface area (TPSA) is 24.5 Å². The zero-order valence-electron chi connectivity index (χ0n) is 12.2. The number of methoxy groups -OCH3 is 1. The van der Waals surface area contributed by atoms with Crippen molar-refractivity contribution in [1.82, 2.24) is 10.2 Å². The highest BCUT2D eigenvalue weighted by Crippen LogP contribution is 2.27. The molecule has 2 rings (SSSR count). The lowest BCUT2D eigenvalue weighted by atomic mass is 10.0. The molecule has 1 atom stereocenters. The van der Waals surface area contributed by atoms with Crippen LogP contribution >= 0.6 is 15.9 Å². The van der Waals surface area contributed by atoms with Crippen molar-refractivity contribution in [2.75, 3.05) is 20.7 Å². The second-order valence-corrected chi connectivity index (χ2v) is 6.86. The molecule has 1 aromatic rings. The van der Waals surface area contributed by atoms with Gasteiger partial charge in [0.2, 0.25) is 0 Å². The Morgan fingerprint density at radius 1 is 1.47 bits per heavy atom. The number of benzene rings is 1. The van der Waals surface area contributed by atoms with Gasteiger partial charge in [0.25, 0.3) is 0 Å². The highest BCUT2D eigenvalue weighted by Gasteiger charge is 2.32. The van der Waals surface area contributed by atoms with Gasteiger partial charge in [-0.2, -0.15) is 0 Å². The minimum absolute atomic E-state index is 0.263. The SMILES string of the molecule is COc1ccc(CN(C)C2CNC(C)(C)C2)cc1Br. The highest BCUT2D eigenvalue weighted by atomic mass is 79.9. The summed E-state index contributed by atoms with van der Waals surface area (Å²) in [5, 5.41) is 3.57. The number of nitrogens with zero attached hydrogens (tertiary/aromatic N) is 1. The Morgan fingerprint density at radius 3 is 2.74 bits per heavy atom. The van der Waals surface area contributed by atoms with Gasteiger partial charge in [-0.25, -0.2) is 0 Å². The molecule has 1 N–H and O–H groups in total. The normalized spacial score (nSPS) is 21.9. The van der Waals surface area contributed by atoms with E-state index in [4.69, 9.17) is 4.74 Å². The molecule has 1 saturated heterocycles. The molecule has 1 heterocycles. The zero-order chi connectivity index (χ0) is 14.0. The van der Waals surface area contributed by atoms with Gasteiger partial charge >= 0.3 is 0 Å². The van der Waals surface area contributed by atoms with Crippen molar-refractivity contribution in [3.8, 4) is 5.75 Å². The fourth-order valence-corrected chi connectivity index (χ4v) is 3.25. The lowest BCUT2D eigenvalue weighted by Crippen LogP contribution is -2.32. The number of likely N-dealkylation sites (N-methyl/N-ethyl adjacent to an activating group) is 1. The standard InChI is InChI=1S/C15H23BrN2O/c1-15(2)8-12(9-17-15)18(3)10-11-5-6-14(19-4)13(16)7-11/h5-7,12,17H,8-10H2,1-4H3. The van der Waals surface area contributed by atoms with E-state index in [1.165, 1.54) is 12.0 Å². The van der Waals surface area contributed by atoms with Gasteiger partial charge in [0, 0.05) is 24.7 Å². The van der Waals surface area contributed by atoms with Crippen LogP contribution in [0.1, 0.15) is 25.8 Å². The van der Waals surface area contributed by atoms with Crippen molar-refractivity contribution < 1.29 is 4.74 Å². The second kappa shape index (κ2) is 5.81. The number of ether oxygens (including phenoxy) is 1. The Morgan fingerprint density at radius 2 is 2.21 bits per heavy atom. The maximum absolute atomic E-state index is 5.26. The number of halogens is 1. The van der Waals surface area contributed by atoms with Crippen LogP contribution in [-0.4, -0.2) is 37.2 Å². The quantitative estimate of drug-likeness (QED) is 0.920. The number of hydrogen-bond acceptors (Lipinski definition) is 3. The van der Waals surface area contributed by atoms with Gasteiger partial charge in [0.1, 0.15) is 5.75 Å². The summed E-state index contributed by atoms with van der Waals surface area (Å²) in [6.45, 7) is 6.57. The third kappa shape index (κ3) is 3.71. The molecule has 3 nitrogen and oxygen atoms in total. The number of nitrogens with one attached hydrogen (secondary N) is 1. The first kappa shape index (κ1) is 14.8. The van der Waals surface area contributed by atoms with Crippen molar-refractivity contribution in [1.29, 1.82) is 0 Å². The first-order chi connectivity index (χ1) is 8.91. The van der Waals surface area contributed by atoms with E-state index in [1.54, 1.807) is 7.11 Å². The van der Waals surface area contributed by atoms with Crippen molar-refractivity contribution in [3.63, 3.8) is 0 Å². The Balaban J connectivity index is 1.99. The zero-order valence-corrected chi connectivity index (χ0v) is 13.8. The van der Waals surface area contributed by atoms with Crippen LogP contribution in [0.25, 0.3) is 0 Å². The Labute approximate surface area is 124 Å². The summed E-state index contributed by atoms with van der Waals surface area (Å²) in [6, 6.07) is 6.90. The third-order valence-corrected chi connectivity index (χ3v) is 4.45. The molecule has 19 heavy (non-hydrogen) atoms. The van der Waals surface area contributed by atoms with Crippen LogP contribution in [0.15, 0.2) is 22.7 Å². The van der Waals surface area contributed by atoms with Gasteiger partial charge in [-0.3, -0.25) is 4.90 Å². The fourth-order valence-electron chi connectivity index (χ4n) is 2.66. The Bertz CT molecular complexity index is 448. The van der Waals surface area contributed by atoms with E-state index < -0.39 is 0 Å². The average molecular weight is 327 g/mol. The molecular weight excluding hydrogens is 304 g/mol. The van der Waals surface area contributed by atoms with Crippen LogP contribution in [0, 0.1) is 0 Å². The van der Waals surface area contributed by atoms with Crippen LogP contribution in [0.4, 0.5) is 0 Å². The molecule has 0 aromatic heterocycles. The fraction of sp³-hybridized carbons (Fsp3) is 0.600. The molecule has 0 saturated carbocycles. The molecular formula is C15H23BrN2O. The van der Waals surface area contributed by atoms with Crippen LogP contribution in [0.5, 0.6) is 5.75 Å². The lowest BCUT2D eigenvalue weighted by molar-refractivity contribution is 0.240. The van der Waals surface area contributed by atoms with Crippen LogP contribution < -0.4 is 10.1 Å². The van der Waals surface area contributed by atoms with E-state index in [1.807, 2.05) is 6.07 Å². The molecule has 4 heteroatoms. The predicted octanol–water partition coefficient (Wildman–Crippen LogP) is 3.03. The van der Waals surface area contributed by atoms with Crippen LogP contribution in [0.2, 0.25) is 0 Å². The van der Waals surface area contributed by atoms with Gasteiger partial charge in [0.05, 0.1) is 11.6 Å². The molecule has 1 fully saturated rings. The maximum Gasteiger partial charge on any atom is 0.133 e. The summed E-state index contributed by atoms with van der Waals surface area (Å²) in [4.78, 5) is 2.43. The van der Waals surface area contributed by atoms with Gasteiger partial charge < -0.3 is 10.1 Å². The second-order valence-electron chi connectivity index (χ2n) is 6.01. The summed E-state index contributed by atoms with van der Waals surface area (Å²) >= 11 is 3.54. The van der Waals surface area contributed by atoms with Crippen molar-refractivity contribution >= 4 is 15.9 Å². The molecule has 1 unspecified atom stereocenters. The predicted molar refractivity (Wildman–Crippen MR) is 82.6 cm³/mol. The van der Waals surface area contributed by atoms with Gasteiger partial charge in [-0.05, 0) is 60.9 Å². The van der Waals surface area contributed by atoms with E-state index in [0.29, 0.717) is 6.04 Å². The van der Waals surface area contributed by atoms with E-state index in [2.05, 4.69) is 59.2 Å². The van der Waals surface area contributed by atoms with E-state index in [-0.39, 0.29) is 5.54 Å². The highest BCUT2D eigenvalue weighted by molar-refractivity contribution is 9.10. The Kier molecular flexibility index (Phi) is 4.54. The largest absolute Gasteiger partial charge is 0.496 e. The summed E-state index contributed by atoms with van der Waals surface area (Å²) in [7, 11) is 3.89. The summed E-state index contributed by atoms with van der Waals surface area (Å²) in [6.07, 6.45) is 1.20. The first-order valence-corrected chi connectivity index (χ1v) is 7.48. The van der Waals surface area contributed by atoms with Crippen LogP contribution in [0.3, 0.4) is 0 Å². The number of rotatable bonds is 4. The summed E-state index contributed by atoms with van der Waals surface area (Å²) in [5.74, 6) is 0.884. The molecule has 106 valence electrons. The summed E-state index contributed by atoms with van der Waals surface area (Å²) in [5.41, 5.74) is 1.57. The van der Waals surface area contributed by atoms with E-state index in [0.717, 1.165) is 23.3 Å². The van der Waals surface area contributed by atoms with Crippen molar-refractivity contribution in [2.24, 2.45) is 0 Å². The van der Waals surface area contributed by atoms with E-state index >= 15 is 0 Å². The molecule has 0 radical (unpaired) electrons. The Hall–Kier alpha value is -0.580. The molecule has 0 aliphatic carbocycles. The molecule has 1 aliphatic rings. The molecule has 1 aromatic carbocycles. The van der Waals surface area contributed by atoms with Crippen molar-refractivity contribution in [3.05, 3.63) is 28.2 Å². The number of hydrogen-bond donors (Lipinski definition) is 1. The maximum atomic E-state index is 5.26. The molecule has 0 amide bonds. The van der Waals surface area contributed by atoms with Gasteiger partial charge in [-0.1, -0.05) is 6.07 Å². The lowest BCUT2D eigenvalue weighted by Gasteiger charge is -2.25. The van der Waals surface area contributed by atoms with Crippen molar-refractivity contribution in [2.45, 2.75) is 38.4 Å². The first-order valence-electron chi connectivity index (χ1n) is 6.69. The monoisotopic (exact) mass is 326 g/mol. The smallest absolute Gasteiger partial charge is 0.133 e. The molecule has 1 aliphatic heterocycles. The van der Waals surface area contributed by atoms with Gasteiger partial charge in [0.15, 0.2) is 0 Å². The minimum atomic E-state index is 0.263. The molecule has 0 bridgehead atoms. The molecule has 0 spiro atoms. The van der Waals surface area contributed by atoms with Gasteiger partial charge in [-0.15, -0.1) is 0 Å². The minimum Gasteiger partial charge on any atom is -0.496 e. The average Bonchev–Trinajstić information content (AvgIpc) is 2.70.